The first-order valence-electron chi connectivity index (χ1n) is 3.48. The van der Waals surface area contributed by atoms with Crippen molar-refractivity contribution in [3.05, 3.63) is 24.3 Å². The summed E-state index contributed by atoms with van der Waals surface area (Å²) in [4.78, 5) is 0. The second kappa shape index (κ2) is 3.83. The molecule has 1 aromatic rings. The van der Waals surface area contributed by atoms with Crippen LogP contribution in [0.3, 0.4) is 0 Å². The number of phenolic OH excluding ortho intramolecular Hbond substituents is 1. The Balaban J connectivity index is 2.80. The molecule has 6 heteroatoms. The lowest BCUT2D eigenvalue weighted by atomic mass is 10.3. The number of benzene rings is 1. The minimum atomic E-state index is -4.70. The molecule has 0 bridgehead atoms. The molecule has 0 heterocycles. The third-order valence-corrected chi connectivity index (χ3v) is 1.61. The largest absolute Gasteiger partial charge is 0.504 e. The predicted octanol–water partition coefficient (Wildman–Crippen LogP) is 2.66. The SMILES string of the molecule is Oc1ccccc1OC(=S)C(F)(F)F. The predicted molar refractivity (Wildman–Crippen MR) is 47.4 cm³/mol. The number of rotatable bonds is 1. The molecule has 0 saturated heterocycles. The Labute approximate surface area is 82.9 Å². The zero-order valence-corrected chi connectivity index (χ0v) is 7.52. The lowest BCUT2D eigenvalue weighted by Gasteiger charge is -2.10. The van der Waals surface area contributed by atoms with Gasteiger partial charge in [-0.1, -0.05) is 12.1 Å². The molecule has 0 atom stereocenters. The number of hydrogen-bond donors (Lipinski definition) is 1. The van der Waals surface area contributed by atoms with E-state index in [-0.39, 0.29) is 11.5 Å². The Morgan fingerprint density at radius 3 is 2.36 bits per heavy atom. The topological polar surface area (TPSA) is 29.5 Å². The lowest BCUT2D eigenvalue weighted by molar-refractivity contribution is -0.0677. The number of para-hydroxylation sites is 2. The van der Waals surface area contributed by atoms with Gasteiger partial charge in [0.25, 0.3) is 5.05 Å². The van der Waals surface area contributed by atoms with Gasteiger partial charge in [0.15, 0.2) is 11.5 Å². The van der Waals surface area contributed by atoms with Gasteiger partial charge in [-0.25, -0.2) is 0 Å². The van der Waals surface area contributed by atoms with Gasteiger partial charge in [-0.3, -0.25) is 0 Å². The number of thiocarbonyl (C=S) groups is 1. The number of halogens is 3. The normalized spacial score (nSPS) is 11.1. The van der Waals surface area contributed by atoms with E-state index in [1.807, 2.05) is 0 Å². The zero-order chi connectivity index (χ0) is 10.8. The molecule has 0 saturated carbocycles. The van der Waals surface area contributed by atoms with Crippen molar-refractivity contribution in [1.82, 2.24) is 0 Å². The van der Waals surface area contributed by atoms with Gasteiger partial charge in [0.05, 0.1) is 0 Å². The molecule has 2 nitrogen and oxygen atoms in total. The van der Waals surface area contributed by atoms with Gasteiger partial charge in [0.1, 0.15) is 0 Å². The van der Waals surface area contributed by atoms with E-state index in [4.69, 9.17) is 5.11 Å². The van der Waals surface area contributed by atoms with Gasteiger partial charge in [0, 0.05) is 0 Å². The highest BCUT2D eigenvalue weighted by atomic mass is 32.1. The number of alkyl halides is 3. The Morgan fingerprint density at radius 1 is 1.29 bits per heavy atom. The summed E-state index contributed by atoms with van der Waals surface area (Å²) in [5.74, 6) is -0.700. The number of phenols is 1. The summed E-state index contributed by atoms with van der Waals surface area (Å²) < 4.78 is 40.0. The molecule has 0 radical (unpaired) electrons. The zero-order valence-electron chi connectivity index (χ0n) is 6.71. The molecule has 76 valence electrons. The van der Waals surface area contributed by atoms with Crippen molar-refractivity contribution in [2.45, 2.75) is 6.18 Å². The van der Waals surface area contributed by atoms with Crippen LogP contribution in [0.15, 0.2) is 24.3 Å². The molecule has 0 amide bonds. The van der Waals surface area contributed by atoms with Gasteiger partial charge in [-0.05, 0) is 24.4 Å². The summed E-state index contributed by atoms with van der Waals surface area (Å²) in [5.41, 5.74) is 0. The lowest BCUT2D eigenvalue weighted by Crippen LogP contribution is -2.26. The highest BCUT2D eigenvalue weighted by molar-refractivity contribution is 7.80. The van der Waals surface area contributed by atoms with Crippen LogP contribution in [0.4, 0.5) is 13.2 Å². The van der Waals surface area contributed by atoms with Gasteiger partial charge < -0.3 is 9.84 Å². The van der Waals surface area contributed by atoms with Crippen LogP contribution in [0.25, 0.3) is 0 Å². The summed E-state index contributed by atoms with van der Waals surface area (Å²) in [5, 5.41) is 7.54. The van der Waals surface area contributed by atoms with E-state index in [1.165, 1.54) is 24.3 Å². The van der Waals surface area contributed by atoms with E-state index >= 15 is 0 Å². The van der Waals surface area contributed by atoms with Crippen molar-refractivity contribution in [1.29, 1.82) is 0 Å². The fourth-order valence-corrected chi connectivity index (χ4v) is 0.791. The van der Waals surface area contributed by atoms with Crippen LogP contribution >= 0.6 is 12.2 Å². The van der Waals surface area contributed by atoms with Gasteiger partial charge in [-0.15, -0.1) is 0 Å². The average molecular weight is 222 g/mol. The summed E-state index contributed by atoms with van der Waals surface area (Å²) in [7, 11) is 0. The second-order valence-electron chi connectivity index (χ2n) is 2.36. The molecule has 0 aliphatic rings. The maximum atomic E-state index is 11.9. The van der Waals surface area contributed by atoms with Crippen molar-refractivity contribution >= 4 is 17.3 Å². The number of ether oxygens (including phenoxy) is 1. The Bertz CT molecular complexity index is 349. The molecular formula is C8H5F3O2S. The molecule has 1 aromatic carbocycles. The fourth-order valence-electron chi connectivity index (χ4n) is 0.701. The van der Waals surface area contributed by atoms with E-state index in [9.17, 15) is 13.2 Å². The van der Waals surface area contributed by atoms with E-state index in [1.54, 1.807) is 0 Å². The summed E-state index contributed by atoms with van der Waals surface area (Å²) in [6.07, 6.45) is -4.70. The van der Waals surface area contributed by atoms with Gasteiger partial charge in [0.2, 0.25) is 0 Å². The summed E-state index contributed by atoms with van der Waals surface area (Å²) in [6, 6.07) is 5.27. The fraction of sp³-hybridized carbons (Fsp3) is 0.125. The second-order valence-corrected chi connectivity index (χ2v) is 2.73. The molecule has 0 fully saturated rings. The molecule has 0 aliphatic heterocycles. The smallest absolute Gasteiger partial charge is 0.460 e. The third-order valence-electron chi connectivity index (χ3n) is 1.30. The van der Waals surface area contributed by atoms with E-state index in [2.05, 4.69) is 17.0 Å². The van der Waals surface area contributed by atoms with Crippen molar-refractivity contribution in [3.8, 4) is 11.5 Å². The molecule has 1 rings (SSSR count). The van der Waals surface area contributed by atoms with Crippen LogP contribution < -0.4 is 4.74 Å². The highest BCUT2D eigenvalue weighted by Gasteiger charge is 2.37. The van der Waals surface area contributed by atoms with Crippen molar-refractivity contribution in [2.75, 3.05) is 0 Å². The van der Waals surface area contributed by atoms with E-state index in [0.29, 0.717) is 0 Å². The van der Waals surface area contributed by atoms with Gasteiger partial charge >= 0.3 is 6.18 Å². The quantitative estimate of drug-likeness (QED) is 0.741. The van der Waals surface area contributed by atoms with Crippen LogP contribution in [0.5, 0.6) is 11.5 Å². The van der Waals surface area contributed by atoms with Crippen LogP contribution in [-0.4, -0.2) is 16.3 Å². The van der Waals surface area contributed by atoms with Crippen LogP contribution in [0.2, 0.25) is 0 Å². The maximum Gasteiger partial charge on any atom is 0.460 e. The Kier molecular flexibility index (Phi) is 2.95. The average Bonchev–Trinajstić information content (AvgIpc) is 2.07. The molecule has 1 N–H and O–H groups in total. The van der Waals surface area contributed by atoms with Crippen molar-refractivity contribution < 1.29 is 23.0 Å². The standard InChI is InChI=1S/C8H5F3O2S/c9-8(10,11)7(14)13-6-4-2-1-3-5(6)12/h1-4,12H. The summed E-state index contributed by atoms with van der Waals surface area (Å²) >= 11 is 3.97. The van der Waals surface area contributed by atoms with E-state index in [0.717, 1.165) is 0 Å². The summed E-state index contributed by atoms with van der Waals surface area (Å²) in [6.45, 7) is 0. The number of aromatic hydroxyl groups is 1. The monoisotopic (exact) mass is 222 g/mol. The minimum absolute atomic E-state index is 0.310. The molecular weight excluding hydrogens is 217 g/mol. The first-order valence-corrected chi connectivity index (χ1v) is 3.89. The Hall–Kier alpha value is -1.30. The first-order chi connectivity index (χ1) is 6.41. The minimum Gasteiger partial charge on any atom is -0.504 e. The van der Waals surface area contributed by atoms with E-state index < -0.39 is 11.2 Å². The molecule has 0 unspecified atom stereocenters. The maximum absolute atomic E-state index is 11.9. The van der Waals surface area contributed by atoms with Gasteiger partial charge in [-0.2, -0.15) is 13.2 Å². The molecule has 0 spiro atoms. The van der Waals surface area contributed by atoms with Crippen LogP contribution in [-0.2, 0) is 0 Å². The number of hydrogen-bond acceptors (Lipinski definition) is 3. The van der Waals surface area contributed by atoms with Crippen molar-refractivity contribution in [2.24, 2.45) is 0 Å². The molecule has 0 aromatic heterocycles. The van der Waals surface area contributed by atoms with Crippen LogP contribution in [0, 0.1) is 0 Å². The third kappa shape index (κ3) is 2.59. The molecule has 0 aliphatic carbocycles. The first kappa shape index (κ1) is 10.8. The van der Waals surface area contributed by atoms with Crippen molar-refractivity contribution in [3.63, 3.8) is 0 Å². The van der Waals surface area contributed by atoms with Crippen LogP contribution in [0.1, 0.15) is 0 Å². The molecule has 14 heavy (non-hydrogen) atoms. The Morgan fingerprint density at radius 2 is 1.86 bits per heavy atom. The highest BCUT2D eigenvalue weighted by Crippen LogP contribution is 2.28.